The summed E-state index contributed by atoms with van der Waals surface area (Å²) in [4.78, 5) is 0. The van der Waals surface area contributed by atoms with Crippen molar-refractivity contribution in [2.45, 2.75) is 5.75 Å². The number of sulfonamides is 1. The molecule has 0 heterocycles. The van der Waals surface area contributed by atoms with Gasteiger partial charge in [0, 0.05) is 11.1 Å². The van der Waals surface area contributed by atoms with Crippen molar-refractivity contribution in [1.29, 1.82) is 0 Å². The van der Waals surface area contributed by atoms with Crippen LogP contribution in [0.5, 0.6) is 0 Å². The van der Waals surface area contributed by atoms with Gasteiger partial charge in [0.1, 0.15) is 11.6 Å². The Morgan fingerprint density at radius 3 is 2.50 bits per heavy atom. The summed E-state index contributed by atoms with van der Waals surface area (Å²) in [7, 11) is -3.89. The zero-order chi connectivity index (χ0) is 14.8. The minimum absolute atomic E-state index is 0.289. The quantitative estimate of drug-likeness (QED) is 0.937. The molecule has 0 bridgehead atoms. The molecule has 20 heavy (non-hydrogen) atoms. The van der Waals surface area contributed by atoms with Crippen molar-refractivity contribution in [2.24, 2.45) is 0 Å². The van der Waals surface area contributed by atoms with E-state index < -0.39 is 33.1 Å². The van der Waals surface area contributed by atoms with Gasteiger partial charge in [-0.25, -0.2) is 17.2 Å². The fraction of sp³-hybridized carbons (Fsp3) is 0.0769. The molecule has 0 aromatic heterocycles. The van der Waals surface area contributed by atoms with Crippen LogP contribution >= 0.6 is 11.6 Å². The Balaban J connectivity index is 2.24. The number of hydrogen-bond acceptors (Lipinski definition) is 2. The average Bonchev–Trinajstić information content (AvgIpc) is 2.36. The second kappa shape index (κ2) is 5.76. The molecule has 0 fully saturated rings. The molecular weight excluding hydrogens is 308 g/mol. The number of halogens is 3. The number of rotatable bonds is 4. The summed E-state index contributed by atoms with van der Waals surface area (Å²) in [5.74, 6) is -2.02. The van der Waals surface area contributed by atoms with E-state index in [0.29, 0.717) is 5.56 Å². The summed E-state index contributed by atoms with van der Waals surface area (Å²) in [5, 5.41) is 0.289. The first kappa shape index (κ1) is 14.7. The Morgan fingerprint density at radius 1 is 1.10 bits per heavy atom. The van der Waals surface area contributed by atoms with E-state index in [1.165, 1.54) is 0 Å². The Kier molecular flexibility index (Phi) is 4.25. The van der Waals surface area contributed by atoms with Crippen LogP contribution in [0.4, 0.5) is 14.5 Å². The van der Waals surface area contributed by atoms with E-state index in [-0.39, 0.29) is 5.02 Å². The Bertz CT molecular complexity index is 735. The smallest absolute Gasteiger partial charge is 0.237 e. The number of benzene rings is 2. The van der Waals surface area contributed by atoms with Crippen molar-refractivity contribution in [3.8, 4) is 0 Å². The second-order valence-electron chi connectivity index (χ2n) is 4.08. The third kappa shape index (κ3) is 3.68. The SMILES string of the molecule is O=S(=O)(Cc1ccccc1Cl)Nc1cc(F)ccc1F. The number of nitrogens with one attached hydrogen (secondary N) is 1. The van der Waals surface area contributed by atoms with E-state index in [1.54, 1.807) is 24.3 Å². The van der Waals surface area contributed by atoms with Gasteiger partial charge in [0.2, 0.25) is 10.0 Å². The van der Waals surface area contributed by atoms with E-state index in [1.807, 2.05) is 4.72 Å². The summed E-state index contributed by atoms with van der Waals surface area (Å²) in [6, 6.07) is 8.93. The lowest BCUT2D eigenvalue weighted by atomic mass is 10.2. The Labute approximate surface area is 120 Å². The van der Waals surface area contributed by atoms with Gasteiger partial charge >= 0.3 is 0 Å². The molecule has 0 aliphatic rings. The van der Waals surface area contributed by atoms with E-state index in [0.717, 1.165) is 18.2 Å². The fourth-order valence-electron chi connectivity index (χ4n) is 1.60. The first-order valence-electron chi connectivity index (χ1n) is 5.56. The van der Waals surface area contributed by atoms with Gasteiger partial charge in [0.05, 0.1) is 11.4 Å². The van der Waals surface area contributed by atoms with Crippen LogP contribution < -0.4 is 4.72 Å². The molecule has 0 aliphatic heterocycles. The Hall–Kier alpha value is -1.66. The van der Waals surface area contributed by atoms with Crippen LogP contribution in [0.1, 0.15) is 5.56 Å². The summed E-state index contributed by atoms with van der Waals surface area (Å²) in [6.45, 7) is 0. The molecule has 0 radical (unpaired) electrons. The molecule has 3 nitrogen and oxygen atoms in total. The molecule has 2 aromatic carbocycles. The average molecular weight is 318 g/mol. The topological polar surface area (TPSA) is 46.2 Å². The lowest BCUT2D eigenvalue weighted by Crippen LogP contribution is -2.16. The maximum Gasteiger partial charge on any atom is 0.237 e. The lowest BCUT2D eigenvalue weighted by molar-refractivity contribution is 0.594. The molecule has 0 saturated heterocycles. The first-order valence-corrected chi connectivity index (χ1v) is 7.59. The van der Waals surface area contributed by atoms with Crippen molar-refractivity contribution in [1.82, 2.24) is 0 Å². The third-order valence-electron chi connectivity index (χ3n) is 2.50. The van der Waals surface area contributed by atoms with Gasteiger partial charge in [-0.1, -0.05) is 29.8 Å². The van der Waals surface area contributed by atoms with Crippen LogP contribution in [0.15, 0.2) is 42.5 Å². The zero-order valence-corrected chi connectivity index (χ0v) is 11.7. The minimum Gasteiger partial charge on any atom is -0.280 e. The van der Waals surface area contributed by atoms with Gasteiger partial charge in [-0.3, -0.25) is 4.72 Å². The highest BCUT2D eigenvalue weighted by atomic mass is 35.5. The fourth-order valence-corrected chi connectivity index (χ4v) is 3.11. The first-order chi connectivity index (χ1) is 9.37. The van der Waals surface area contributed by atoms with Gasteiger partial charge in [-0.2, -0.15) is 0 Å². The normalized spacial score (nSPS) is 11.3. The molecule has 0 saturated carbocycles. The van der Waals surface area contributed by atoms with Crippen molar-refractivity contribution in [3.05, 3.63) is 64.7 Å². The van der Waals surface area contributed by atoms with E-state index >= 15 is 0 Å². The summed E-state index contributed by atoms with van der Waals surface area (Å²) in [5.41, 5.74) is -0.0597. The maximum atomic E-state index is 13.4. The van der Waals surface area contributed by atoms with Crippen LogP contribution in [-0.4, -0.2) is 8.42 Å². The molecule has 2 aromatic rings. The largest absolute Gasteiger partial charge is 0.280 e. The molecule has 0 unspecified atom stereocenters. The predicted octanol–water partition coefficient (Wildman–Crippen LogP) is 3.56. The van der Waals surface area contributed by atoms with Crippen LogP contribution in [0.25, 0.3) is 0 Å². The van der Waals surface area contributed by atoms with Crippen LogP contribution in [0, 0.1) is 11.6 Å². The monoisotopic (exact) mass is 317 g/mol. The molecule has 0 spiro atoms. The zero-order valence-electron chi connectivity index (χ0n) is 10.1. The van der Waals surface area contributed by atoms with Gasteiger partial charge < -0.3 is 0 Å². The predicted molar refractivity (Wildman–Crippen MR) is 74.1 cm³/mol. The van der Waals surface area contributed by atoms with Crippen molar-refractivity contribution >= 4 is 27.3 Å². The summed E-state index contributed by atoms with van der Waals surface area (Å²) >= 11 is 5.86. The summed E-state index contributed by atoms with van der Waals surface area (Å²) in [6.07, 6.45) is 0. The molecular formula is C13H10ClF2NO2S. The van der Waals surface area contributed by atoms with E-state index in [2.05, 4.69) is 0 Å². The molecule has 0 amide bonds. The van der Waals surface area contributed by atoms with Crippen molar-refractivity contribution < 1.29 is 17.2 Å². The summed E-state index contributed by atoms with van der Waals surface area (Å²) < 4.78 is 52.2. The Morgan fingerprint density at radius 2 is 1.80 bits per heavy atom. The molecule has 0 atom stereocenters. The molecule has 2 rings (SSSR count). The van der Waals surface area contributed by atoms with Gasteiger partial charge in [-0.05, 0) is 23.8 Å². The third-order valence-corrected chi connectivity index (χ3v) is 4.09. The number of anilines is 1. The van der Waals surface area contributed by atoms with Gasteiger partial charge in [0.15, 0.2) is 0 Å². The van der Waals surface area contributed by atoms with Crippen LogP contribution in [0.3, 0.4) is 0 Å². The van der Waals surface area contributed by atoms with E-state index in [4.69, 9.17) is 11.6 Å². The van der Waals surface area contributed by atoms with Crippen LogP contribution in [0.2, 0.25) is 5.02 Å². The second-order valence-corrected chi connectivity index (χ2v) is 6.21. The van der Waals surface area contributed by atoms with E-state index in [9.17, 15) is 17.2 Å². The molecule has 0 aliphatic carbocycles. The van der Waals surface area contributed by atoms with Crippen LogP contribution in [-0.2, 0) is 15.8 Å². The number of hydrogen-bond donors (Lipinski definition) is 1. The highest BCUT2D eigenvalue weighted by Gasteiger charge is 2.16. The highest BCUT2D eigenvalue weighted by molar-refractivity contribution is 7.91. The molecule has 106 valence electrons. The molecule has 1 N–H and O–H groups in total. The maximum absolute atomic E-state index is 13.4. The van der Waals surface area contributed by atoms with Crippen molar-refractivity contribution in [3.63, 3.8) is 0 Å². The standard InChI is InChI=1S/C13H10ClF2NO2S/c14-11-4-2-1-3-9(11)8-20(18,19)17-13-7-10(15)5-6-12(13)16/h1-7,17H,8H2. The van der Waals surface area contributed by atoms with Gasteiger partial charge in [-0.15, -0.1) is 0 Å². The minimum atomic E-state index is -3.89. The van der Waals surface area contributed by atoms with Crippen molar-refractivity contribution in [2.75, 3.05) is 4.72 Å². The highest BCUT2D eigenvalue weighted by Crippen LogP contribution is 2.21. The molecule has 7 heteroatoms. The lowest BCUT2D eigenvalue weighted by Gasteiger charge is -2.10. The van der Waals surface area contributed by atoms with Gasteiger partial charge in [0.25, 0.3) is 0 Å².